The number of aromatic nitrogens is 3. The first kappa shape index (κ1) is 17.5. The molecular formula is C18H17F2N5O. The first-order chi connectivity index (χ1) is 12.4. The maximum Gasteiger partial charge on any atom is 0.319 e. The van der Waals surface area contributed by atoms with E-state index in [0.29, 0.717) is 5.82 Å². The number of nitrogens with zero attached hydrogens (tertiary/aromatic N) is 3. The summed E-state index contributed by atoms with van der Waals surface area (Å²) in [6, 6.07) is 8.49. The van der Waals surface area contributed by atoms with Crippen LogP contribution in [0.5, 0.6) is 0 Å². The molecule has 0 bridgehead atoms. The van der Waals surface area contributed by atoms with Gasteiger partial charge in [0.25, 0.3) is 0 Å². The Bertz CT molecular complexity index is 937. The fourth-order valence-electron chi connectivity index (χ4n) is 2.46. The number of pyridine rings is 1. The smallest absolute Gasteiger partial charge is 0.319 e. The molecule has 0 aliphatic heterocycles. The number of hydrogen-bond acceptors (Lipinski definition) is 3. The molecule has 0 radical (unpaired) electrons. The number of nitrogens with one attached hydrogen (secondary N) is 2. The number of anilines is 1. The van der Waals surface area contributed by atoms with Gasteiger partial charge in [0.05, 0.1) is 11.4 Å². The molecule has 0 saturated carbocycles. The van der Waals surface area contributed by atoms with Gasteiger partial charge in [0.15, 0.2) is 17.5 Å². The number of rotatable bonds is 4. The molecule has 0 atom stereocenters. The first-order valence-corrected chi connectivity index (χ1v) is 7.91. The van der Waals surface area contributed by atoms with Crippen LogP contribution in [0.25, 0.3) is 5.82 Å². The normalized spacial score (nSPS) is 10.6. The van der Waals surface area contributed by atoms with Crippen molar-refractivity contribution >= 4 is 11.7 Å². The molecular weight excluding hydrogens is 340 g/mol. The van der Waals surface area contributed by atoms with Crippen LogP contribution >= 0.6 is 0 Å². The van der Waals surface area contributed by atoms with E-state index >= 15 is 0 Å². The van der Waals surface area contributed by atoms with Gasteiger partial charge in [-0.3, -0.25) is 0 Å². The summed E-state index contributed by atoms with van der Waals surface area (Å²) in [5.74, 6) is -1.45. The Morgan fingerprint density at radius 3 is 2.65 bits per heavy atom. The van der Waals surface area contributed by atoms with Gasteiger partial charge in [-0.15, -0.1) is 0 Å². The average molecular weight is 357 g/mol. The fourth-order valence-corrected chi connectivity index (χ4v) is 2.46. The van der Waals surface area contributed by atoms with Gasteiger partial charge in [-0.2, -0.15) is 5.10 Å². The lowest BCUT2D eigenvalue weighted by Crippen LogP contribution is -2.28. The van der Waals surface area contributed by atoms with Crippen LogP contribution in [-0.4, -0.2) is 20.8 Å². The number of hydrogen-bond donors (Lipinski definition) is 2. The van der Waals surface area contributed by atoms with Crippen molar-refractivity contribution in [1.82, 2.24) is 20.1 Å². The summed E-state index contributed by atoms with van der Waals surface area (Å²) in [6.45, 7) is 4.03. The van der Waals surface area contributed by atoms with Crippen molar-refractivity contribution in [3.05, 3.63) is 71.2 Å². The number of aryl methyl sites for hydroxylation is 2. The summed E-state index contributed by atoms with van der Waals surface area (Å²) in [5.41, 5.74) is 2.40. The summed E-state index contributed by atoms with van der Waals surface area (Å²) in [4.78, 5) is 16.2. The predicted molar refractivity (Wildman–Crippen MR) is 93.0 cm³/mol. The van der Waals surface area contributed by atoms with Crippen LogP contribution in [0.2, 0.25) is 0 Å². The topological polar surface area (TPSA) is 71.8 Å². The quantitative estimate of drug-likeness (QED) is 0.751. The molecule has 0 fully saturated rings. The highest BCUT2D eigenvalue weighted by Gasteiger charge is 2.10. The monoisotopic (exact) mass is 357 g/mol. The zero-order chi connectivity index (χ0) is 18.7. The third kappa shape index (κ3) is 3.85. The molecule has 0 aliphatic carbocycles. The second kappa shape index (κ2) is 7.30. The van der Waals surface area contributed by atoms with E-state index in [9.17, 15) is 13.6 Å². The molecule has 2 amide bonds. The van der Waals surface area contributed by atoms with Crippen molar-refractivity contribution in [3.8, 4) is 5.82 Å². The Kier molecular flexibility index (Phi) is 4.92. The molecule has 134 valence electrons. The van der Waals surface area contributed by atoms with Gasteiger partial charge in [0.1, 0.15) is 0 Å². The Hall–Kier alpha value is -3.29. The lowest BCUT2D eigenvalue weighted by atomic mass is 10.3. The summed E-state index contributed by atoms with van der Waals surface area (Å²) in [5, 5.41) is 9.19. The van der Waals surface area contributed by atoms with E-state index < -0.39 is 17.7 Å². The molecule has 8 heteroatoms. The van der Waals surface area contributed by atoms with Crippen LogP contribution in [0.3, 0.4) is 0 Å². The molecule has 0 spiro atoms. The number of carbonyl (C=O) groups excluding carboxylic acids is 1. The second-order valence-electron chi connectivity index (χ2n) is 5.77. The Morgan fingerprint density at radius 1 is 1.19 bits per heavy atom. The minimum absolute atomic E-state index is 0.188. The van der Waals surface area contributed by atoms with E-state index in [2.05, 4.69) is 20.7 Å². The van der Waals surface area contributed by atoms with E-state index in [1.807, 2.05) is 26.0 Å². The fraction of sp³-hybridized carbons (Fsp3) is 0.167. The molecule has 26 heavy (non-hydrogen) atoms. The average Bonchev–Trinajstić information content (AvgIpc) is 2.96. The number of carbonyl (C=O) groups is 1. The Balaban J connectivity index is 1.60. The van der Waals surface area contributed by atoms with Crippen molar-refractivity contribution < 1.29 is 13.6 Å². The zero-order valence-corrected chi connectivity index (χ0v) is 14.3. The third-order valence-corrected chi connectivity index (χ3v) is 3.69. The van der Waals surface area contributed by atoms with Crippen molar-refractivity contribution in [2.24, 2.45) is 0 Å². The van der Waals surface area contributed by atoms with Crippen molar-refractivity contribution in [2.75, 3.05) is 5.32 Å². The van der Waals surface area contributed by atoms with Crippen LogP contribution < -0.4 is 10.6 Å². The van der Waals surface area contributed by atoms with Gasteiger partial charge in [0.2, 0.25) is 0 Å². The summed E-state index contributed by atoms with van der Waals surface area (Å²) in [7, 11) is 0. The predicted octanol–water partition coefficient (Wildman–Crippen LogP) is 3.48. The van der Waals surface area contributed by atoms with E-state index in [1.165, 1.54) is 12.1 Å². The van der Waals surface area contributed by atoms with Crippen molar-refractivity contribution in [1.29, 1.82) is 0 Å². The molecule has 1 aromatic carbocycles. The summed E-state index contributed by atoms with van der Waals surface area (Å²) in [6.07, 6.45) is 1.62. The number of halogens is 2. The minimum Gasteiger partial charge on any atom is -0.334 e. The molecule has 2 N–H and O–H groups in total. The number of urea groups is 1. The first-order valence-electron chi connectivity index (χ1n) is 7.91. The Labute approximate surface area is 148 Å². The van der Waals surface area contributed by atoms with Crippen molar-refractivity contribution in [3.63, 3.8) is 0 Å². The molecule has 3 aromatic rings. The molecule has 0 unspecified atom stereocenters. The zero-order valence-electron chi connectivity index (χ0n) is 14.3. The molecule has 0 saturated heterocycles. The van der Waals surface area contributed by atoms with Crippen LogP contribution in [0.4, 0.5) is 19.3 Å². The highest BCUT2D eigenvalue weighted by atomic mass is 19.2. The highest BCUT2D eigenvalue weighted by Crippen LogP contribution is 2.16. The Morgan fingerprint density at radius 2 is 2.00 bits per heavy atom. The van der Waals surface area contributed by atoms with E-state index in [1.54, 1.807) is 16.9 Å². The van der Waals surface area contributed by atoms with Crippen LogP contribution in [0.1, 0.15) is 17.0 Å². The summed E-state index contributed by atoms with van der Waals surface area (Å²) < 4.78 is 28.4. The lowest BCUT2D eigenvalue weighted by Gasteiger charge is -2.09. The highest BCUT2D eigenvalue weighted by molar-refractivity contribution is 5.89. The number of benzene rings is 1. The van der Waals surface area contributed by atoms with Gasteiger partial charge in [-0.05, 0) is 43.7 Å². The van der Waals surface area contributed by atoms with Crippen LogP contribution in [0, 0.1) is 25.5 Å². The van der Waals surface area contributed by atoms with E-state index in [0.717, 1.165) is 23.0 Å². The summed E-state index contributed by atoms with van der Waals surface area (Å²) >= 11 is 0. The van der Waals surface area contributed by atoms with Gasteiger partial charge >= 0.3 is 6.03 Å². The standard InChI is InChI=1S/C18H17F2N5O/c1-11-8-12(2)25(24-11)16-7-6-13(9-21-16)10-22-18(26)23-15-5-3-4-14(19)17(15)20/h3-9H,10H2,1-2H3,(H2,22,23,26). The molecule has 0 aliphatic rings. The third-order valence-electron chi connectivity index (χ3n) is 3.69. The van der Waals surface area contributed by atoms with Gasteiger partial charge in [0, 0.05) is 18.4 Å². The second-order valence-corrected chi connectivity index (χ2v) is 5.77. The van der Waals surface area contributed by atoms with E-state index in [-0.39, 0.29) is 12.2 Å². The van der Waals surface area contributed by atoms with Crippen LogP contribution in [0.15, 0.2) is 42.6 Å². The molecule has 2 heterocycles. The van der Waals surface area contributed by atoms with Gasteiger partial charge in [-0.25, -0.2) is 23.2 Å². The SMILES string of the molecule is Cc1cc(C)n(-c2ccc(CNC(=O)Nc3cccc(F)c3F)cn2)n1. The lowest BCUT2D eigenvalue weighted by molar-refractivity contribution is 0.251. The maximum atomic E-state index is 13.5. The largest absolute Gasteiger partial charge is 0.334 e. The molecule has 3 rings (SSSR count). The van der Waals surface area contributed by atoms with Gasteiger partial charge < -0.3 is 10.6 Å². The van der Waals surface area contributed by atoms with Crippen LogP contribution in [-0.2, 0) is 6.54 Å². The number of amides is 2. The van der Waals surface area contributed by atoms with Crippen molar-refractivity contribution in [2.45, 2.75) is 20.4 Å². The van der Waals surface area contributed by atoms with Gasteiger partial charge in [-0.1, -0.05) is 12.1 Å². The maximum absolute atomic E-state index is 13.5. The molecule has 6 nitrogen and oxygen atoms in total. The minimum atomic E-state index is -1.10. The molecule has 2 aromatic heterocycles. The van der Waals surface area contributed by atoms with E-state index in [4.69, 9.17) is 0 Å².